The van der Waals surface area contributed by atoms with Gasteiger partial charge in [-0.1, -0.05) is 40.9 Å². The van der Waals surface area contributed by atoms with E-state index in [0.717, 1.165) is 0 Å². The molecule has 0 radical (unpaired) electrons. The van der Waals surface area contributed by atoms with Crippen molar-refractivity contribution >= 4 is 75.4 Å². The smallest absolute Gasteiger partial charge is 0.253 e. The summed E-state index contributed by atoms with van der Waals surface area (Å²) in [5.41, 5.74) is 1.06. The van der Waals surface area contributed by atoms with Gasteiger partial charge in [0.05, 0.1) is 33.5 Å². The molecule has 0 aliphatic heterocycles. The molecule has 2 aromatic carbocycles. The number of hydrogen-bond acceptors (Lipinski definition) is 3. The summed E-state index contributed by atoms with van der Waals surface area (Å²) >= 11 is 30.8. The molecule has 1 N–H and O–H groups in total. The Balaban J connectivity index is 1.41. The van der Waals surface area contributed by atoms with Crippen molar-refractivity contribution in [1.82, 2.24) is 0 Å². The largest absolute Gasteiger partial charge is 0.373 e. The van der Waals surface area contributed by atoms with Crippen LogP contribution in [0.1, 0.15) is 28.3 Å². The van der Waals surface area contributed by atoms with Gasteiger partial charge in [0.15, 0.2) is 5.78 Å². The summed E-state index contributed by atoms with van der Waals surface area (Å²) in [6.45, 7) is -0.615. The minimum absolute atomic E-state index is 0.0943. The van der Waals surface area contributed by atoms with E-state index in [1.807, 2.05) is 0 Å². The molecule has 2 fully saturated rings. The van der Waals surface area contributed by atoms with Gasteiger partial charge in [0.25, 0.3) is 5.92 Å². The SMILES string of the molecule is O=C(COCC1CC1(F)F)c1cc(NC(=O)C2C(c3ccc(Cl)c(Cl)c3)C2(Cl)Cl)ccc1Cl. The van der Waals surface area contributed by atoms with Gasteiger partial charge in [-0.05, 0) is 35.9 Å². The minimum Gasteiger partial charge on any atom is -0.373 e. The van der Waals surface area contributed by atoms with Crippen molar-refractivity contribution in [2.24, 2.45) is 11.8 Å². The lowest BCUT2D eigenvalue weighted by Gasteiger charge is -2.09. The molecule has 3 atom stereocenters. The number of Topliss-reactive ketones (excluding diaryl/α,β-unsaturated/α-hetero) is 1. The van der Waals surface area contributed by atoms with Crippen LogP contribution in [0.2, 0.25) is 15.1 Å². The first-order valence-electron chi connectivity index (χ1n) is 9.83. The normalized spacial score (nSPS) is 24.3. The number of alkyl halides is 4. The molecule has 4 rings (SSSR count). The molecule has 0 heterocycles. The fraction of sp³-hybridized carbons (Fsp3) is 0.364. The summed E-state index contributed by atoms with van der Waals surface area (Å²) in [7, 11) is 0. The maximum absolute atomic E-state index is 12.9. The van der Waals surface area contributed by atoms with Crippen molar-refractivity contribution in [3.05, 3.63) is 62.6 Å². The van der Waals surface area contributed by atoms with Gasteiger partial charge in [0, 0.05) is 23.6 Å². The van der Waals surface area contributed by atoms with Gasteiger partial charge in [-0.25, -0.2) is 8.78 Å². The third-order valence-electron chi connectivity index (χ3n) is 5.68. The predicted octanol–water partition coefficient (Wildman–Crippen LogP) is 7.03. The molecule has 11 heteroatoms. The Morgan fingerprint density at radius 1 is 1.03 bits per heavy atom. The van der Waals surface area contributed by atoms with Crippen LogP contribution in [0.5, 0.6) is 0 Å². The van der Waals surface area contributed by atoms with Gasteiger partial charge in [-0.3, -0.25) is 9.59 Å². The molecule has 0 saturated heterocycles. The zero-order valence-corrected chi connectivity index (χ0v) is 20.5. The number of nitrogens with one attached hydrogen (secondary N) is 1. The number of anilines is 1. The van der Waals surface area contributed by atoms with Gasteiger partial charge in [0.1, 0.15) is 10.9 Å². The lowest BCUT2D eigenvalue weighted by atomic mass is 10.1. The van der Waals surface area contributed by atoms with Crippen LogP contribution in [0, 0.1) is 11.8 Å². The molecule has 0 bridgehead atoms. The molecule has 2 saturated carbocycles. The molecule has 2 aliphatic rings. The number of rotatable bonds is 8. The highest BCUT2D eigenvalue weighted by molar-refractivity contribution is 6.53. The van der Waals surface area contributed by atoms with Crippen LogP contribution in [0.3, 0.4) is 0 Å². The minimum atomic E-state index is -2.72. The lowest BCUT2D eigenvalue weighted by molar-refractivity contribution is -0.117. The van der Waals surface area contributed by atoms with E-state index in [1.165, 1.54) is 18.2 Å². The van der Waals surface area contributed by atoms with Gasteiger partial charge in [0.2, 0.25) is 5.91 Å². The van der Waals surface area contributed by atoms with Crippen LogP contribution >= 0.6 is 58.0 Å². The Kier molecular flexibility index (Phi) is 6.91. The standard InChI is InChI=1S/C22H16Cl5F2NO3/c23-14-4-2-12(6-13(14)17(31)9-33-8-11-7-21(11,28)29)30-20(32)19-18(22(19,26)27)10-1-3-15(24)16(25)5-10/h1-6,11,18-19H,7-9H2,(H,30,32). The third kappa shape index (κ3) is 5.26. The van der Waals surface area contributed by atoms with E-state index in [0.29, 0.717) is 21.3 Å². The number of ketones is 1. The van der Waals surface area contributed by atoms with Crippen LogP contribution in [0.15, 0.2) is 36.4 Å². The number of benzene rings is 2. The second-order valence-electron chi connectivity index (χ2n) is 8.09. The number of amides is 1. The zero-order chi connectivity index (χ0) is 24.1. The van der Waals surface area contributed by atoms with E-state index in [9.17, 15) is 18.4 Å². The van der Waals surface area contributed by atoms with E-state index < -0.39 is 46.3 Å². The molecule has 176 valence electrons. The van der Waals surface area contributed by atoms with Crippen molar-refractivity contribution in [1.29, 1.82) is 0 Å². The summed E-state index contributed by atoms with van der Waals surface area (Å²) in [5.74, 6) is -5.80. The first-order chi connectivity index (χ1) is 15.4. The molecule has 2 aliphatic carbocycles. The number of carbonyl (C=O) groups excluding carboxylic acids is 2. The Hall–Kier alpha value is -1.15. The third-order valence-corrected chi connectivity index (χ3v) is 7.69. The molecule has 33 heavy (non-hydrogen) atoms. The fourth-order valence-corrected chi connectivity index (χ4v) is 4.99. The van der Waals surface area contributed by atoms with E-state index >= 15 is 0 Å². The monoisotopic (exact) mass is 555 g/mol. The van der Waals surface area contributed by atoms with Crippen LogP contribution in [-0.2, 0) is 9.53 Å². The van der Waals surface area contributed by atoms with Crippen LogP contribution < -0.4 is 5.32 Å². The maximum atomic E-state index is 12.9. The number of halogens is 7. The summed E-state index contributed by atoms with van der Waals surface area (Å²) in [6, 6.07) is 9.25. The van der Waals surface area contributed by atoms with Crippen LogP contribution in [0.4, 0.5) is 14.5 Å². The second kappa shape index (κ2) is 9.14. The molecule has 0 aromatic heterocycles. The van der Waals surface area contributed by atoms with E-state index in [2.05, 4.69) is 5.32 Å². The second-order valence-corrected chi connectivity index (χ2v) is 10.8. The van der Waals surface area contributed by atoms with Crippen molar-refractivity contribution in [3.63, 3.8) is 0 Å². The number of hydrogen-bond donors (Lipinski definition) is 1. The molecule has 0 spiro atoms. The first kappa shape index (κ1) is 25.0. The molecule has 2 aromatic rings. The van der Waals surface area contributed by atoms with Crippen molar-refractivity contribution in [2.75, 3.05) is 18.5 Å². The molecule has 4 nitrogen and oxygen atoms in total. The Morgan fingerprint density at radius 3 is 2.33 bits per heavy atom. The summed E-state index contributed by atoms with van der Waals surface area (Å²) in [4.78, 5) is 25.3. The fourth-order valence-electron chi connectivity index (χ4n) is 3.63. The van der Waals surface area contributed by atoms with Crippen molar-refractivity contribution in [3.8, 4) is 0 Å². The van der Waals surface area contributed by atoms with E-state index in [1.54, 1.807) is 18.2 Å². The van der Waals surface area contributed by atoms with Gasteiger partial charge in [-0.15, -0.1) is 23.2 Å². The van der Waals surface area contributed by atoms with Crippen LogP contribution in [0.25, 0.3) is 0 Å². The maximum Gasteiger partial charge on any atom is 0.253 e. The van der Waals surface area contributed by atoms with E-state index in [4.69, 9.17) is 62.7 Å². The number of ether oxygens (including phenoxy) is 1. The highest BCUT2D eigenvalue weighted by atomic mass is 35.5. The van der Waals surface area contributed by atoms with Gasteiger partial charge >= 0.3 is 0 Å². The van der Waals surface area contributed by atoms with Crippen LogP contribution in [-0.4, -0.2) is 35.2 Å². The molecule has 1 amide bonds. The first-order valence-corrected chi connectivity index (χ1v) is 11.7. The quantitative estimate of drug-likeness (QED) is 0.280. The van der Waals surface area contributed by atoms with Gasteiger partial charge < -0.3 is 10.1 Å². The van der Waals surface area contributed by atoms with Crippen molar-refractivity contribution in [2.45, 2.75) is 22.6 Å². The van der Waals surface area contributed by atoms with Gasteiger partial charge in [-0.2, -0.15) is 0 Å². The summed E-state index contributed by atoms with van der Waals surface area (Å²) in [6.07, 6.45) is -0.240. The summed E-state index contributed by atoms with van der Waals surface area (Å²) in [5, 5.41) is 3.51. The molecule has 3 unspecified atom stereocenters. The molecular weight excluding hydrogens is 542 g/mol. The molecular formula is C22H16Cl5F2NO3. The topological polar surface area (TPSA) is 55.4 Å². The zero-order valence-electron chi connectivity index (χ0n) is 16.7. The van der Waals surface area contributed by atoms with E-state index in [-0.39, 0.29) is 23.6 Å². The summed E-state index contributed by atoms with van der Waals surface area (Å²) < 4.78 is 29.6. The lowest BCUT2D eigenvalue weighted by Crippen LogP contribution is -2.18. The highest BCUT2D eigenvalue weighted by Crippen LogP contribution is 2.65. The highest BCUT2D eigenvalue weighted by Gasteiger charge is 2.67. The average Bonchev–Trinajstić information content (AvgIpc) is 3.55. The average molecular weight is 558 g/mol. The number of carbonyl (C=O) groups is 2. The Morgan fingerprint density at radius 2 is 1.70 bits per heavy atom. The van der Waals surface area contributed by atoms with Crippen molar-refractivity contribution < 1.29 is 23.1 Å². The predicted molar refractivity (Wildman–Crippen MR) is 125 cm³/mol. The Labute approximate surface area is 213 Å². The Bertz CT molecular complexity index is 1130.